The first kappa shape index (κ1) is 14.6. The Balaban J connectivity index is 2.22. The molecule has 0 fully saturated rings. The van der Waals surface area contributed by atoms with Crippen LogP contribution in [0.2, 0.25) is 10.0 Å². The van der Waals surface area contributed by atoms with Gasteiger partial charge in [0.1, 0.15) is 0 Å². The quantitative estimate of drug-likeness (QED) is 0.765. The van der Waals surface area contributed by atoms with Crippen LogP contribution in [-0.4, -0.2) is 20.9 Å². The van der Waals surface area contributed by atoms with E-state index < -0.39 is 5.97 Å². The Morgan fingerprint density at radius 3 is 2.32 bits per heavy atom. The first-order valence-corrected chi connectivity index (χ1v) is 7.15. The summed E-state index contributed by atoms with van der Waals surface area (Å²) in [6.45, 7) is 0. The third-order valence-corrected chi connectivity index (χ3v) is 3.57. The number of carboxylic acid groups (broad SMARTS) is 1. The highest BCUT2D eigenvalue weighted by Crippen LogP contribution is 2.27. The molecule has 1 heterocycles. The predicted octanol–water partition coefficient (Wildman–Crippen LogP) is 4.54. The summed E-state index contributed by atoms with van der Waals surface area (Å²) in [5.41, 5.74) is 2.03. The lowest BCUT2D eigenvalue weighted by Gasteiger charge is -2.08. The maximum Gasteiger partial charge on any atom is 0.356 e. The molecule has 0 atom stereocenters. The highest BCUT2D eigenvalue weighted by atomic mass is 35.5. The molecule has 2 aromatic carbocycles. The lowest BCUT2D eigenvalue weighted by atomic mass is 10.1. The number of aromatic carboxylic acids is 1. The molecule has 0 aliphatic heterocycles. The summed E-state index contributed by atoms with van der Waals surface area (Å²) in [5.74, 6) is -1.09. The second-order valence-electron chi connectivity index (χ2n) is 4.62. The summed E-state index contributed by atoms with van der Waals surface area (Å²) >= 11 is 12.0. The minimum absolute atomic E-state index is 0.0463. The van der Waals surface area contributed by atoms with Gasteiger partial charge in [0, 0.05) is 15.6 Å². The van der Waals surface area contributed by atoms with Gasteiger partial charge in [-0.1, -0.05) is 41.4 Å². The van der Waals surface area contributed by atoms with Gasteiger partial charge >= 0.3 is 5.97 Å². The SMILES string of the molecule is O=C(O)c1cc(-c2cccc(Cl)c2)n(-c2cccc(Cl)c2)n1. The number of hydrogen-bond donors (Lipinski definition) is 1. The van der Waals surface area contributed by atoms with Crippen molar-refractivity contribution in [2.24, 2.45) is 0 Å². The summed E-state index contributed by atoms with van der Waals surface area (Å²) < 4.78 is 1.54. The highest BCUT2D eigenvalue weighted by molar-refractivity contribution is 6.31. The van der Waals surface area contributed by atoms with Crippen LogP contribution in [0.25, 0.3) is 16.9 Å². The van der Waals surface area contributed by atoms with Crippen molar-refractivity contribution in [2.75, 3.05) is 0 Å². The molecular weight excluding hydrogens is 323 g/mol. The number of nitrogens with zero attached hydrogens (tertiary/aromatic N) is 2. The largest absolute Gasteiger partial charge is 0.476 e. The number of halogens is 2. The zero-order chi connectivity index (χ0) is 15.7. The zero-order valence-corrected chi connectivity index (χ0v) is 12.7. The molecule has 0 saturated carbocycles. The number of carboxylic acids is 1. The van der Waals surface area contributed by atoms with Crippen LogP contribution in [0, 0.1) is 0 Å². The summed E-state index contributed by atoms with van der Waals surface area (Å²) in [5, 5.41) is 14.4. The molecule has 4 nitrogen and oxygen atoms in total. The lowest BCUT2D eigenvalue weighted by molar-refractivity contribution is 0.0690. The highest BCUT2D eigenvalue weighted by Gasteiger charge is 2.16. The fourth-order valence-electron chi connectivity index (χ4n) is 2.14. The van der Waals surface area contributed by atoms with Crippen molar-refractivity contribution in [1.82, 2.24) is 9.78 Å². The molecule has 3 aromatic rings. The monoisotopic (exact) mass is 332 g/mol. The van der Waals surface area contributed by atoms with Crippen molar-refractivity contribution in [3.63, 3.8) is 0 Å². The molecule has 22 heavy (non-hydrogen) atoms. The van der Waals surface area contributed by atoms with Gasteiger partial charge in [-0.05, 0) is 36.4 Å². The van der Waals surface area contributed by atoms with E-state index in [4.69, 9.17) is 23.2 Å². The number of hydrogen-bond acceptors (Lipinski definition) is 2. The maximum absolute atomic E-state index is 11.2. The molecule has 110 valence electrons. The van der Waals surface area contributed by atoms with Crippen molar-refractivity contribution in [3.05, 3.63) is 70.3 Å². The second-order valence-corrected chi connectivity index (χ2v) is 5.49. The minimum Gasteiger partial charge on any atom is -0.476 e. The molecule has 3 rings (SSSR count). The fraction of sp³-hybridized carbons (Fsp3) is 0. The van der Waals surface area contributed by atoms with Crippen molar-refractivity contribution in [1.29, 1.82) is 0 Å². The normalized spacial score (nSPS) is 10.6. The molecule has 0 saturated heterocycles. The first-order valence-electron chi connectivity index (χ1n) is 6.40. The number of rotatable bonds is 3. The van der Waals surface area contributed by atoms with E-state index in [0.29, 0.717) is 21.4 Å². The van der Waals surface area contributed by atoms with Crippen LogP contribution in [0.1, 0.15) is 10.5 Å². The van der Waals surface area contributed by atoms with Crippen molar-refractivity contribution in [2.45, 2.75) is 0 Å². The van der Waals surface area contributed by atoms with Crippen LogP contribution in [0.3, 0.4) is 0 Å². The molecule has 0 amide bonds. The molecule has 0 bridgehead atoms. The third kappa shape index (κ3) is 2.84. The molecular formula is C16H10Cl2N2O2. The van der Waals surface area contributed by atoms with Gasteiger partial charge in [0.15, 0.2) is 5.69 Å². The van der Waals surface area contributed by atoms with Crippen LogP contribution in [0.5, 0.6) is 0 Å². The molecule has 0 radical (unpaired) electrons. The summed E-state index contributed by atoms with van der Waals surface area (Å²) in [4.78, 5) is 11.2. The number of carbonyl (C=O) groups is 1. The Morgan fingerprint density at radius 2 is 1.68 bits per heavy atom. The Morgan fingerprint density at radius 1 is 1.00 bits per heavy atom. The molecule has 0 spiro atoms. The van der Waals surface area contributed by atoms with Crippen LogP contribution < -0.4 is 0 Å². The van der Waals surface area contributed by atoms with E-state index in [-0.39, 0.29) is 5.69 Å². The van der Waals surface area contributed by atoms with Gasteiger partial charge in [0.2, 0.25) is 0 Å². The fourth-order valence-corrected chi connectivity index (χ4v) is 2.52. The third-order valence-electron chi connectivity index (χ3n) is 3.10. The standard InChI is InChI=1S/C16H10Cl2N2O2/c17-11-4-1-3-10(7-11)15-9-14(16(21)22)19-20(15)13-6-2-5-12(18)8-13/h1-9H,(H,21,22). The maximum atomic E-state index is 11.2. The van der Waals surface area contributed by atoms with Gasteiger partial charge in [0.25, 0.3) is 0 Å². The number of aromatic nitrogens is 2. The van der Waals surface area contributed by atoms with E-state index in [1.165, 1.54) is 6.07 Å². The van der Waals surface area contributed by atoms with Crippen molar-refractivity contribution < 1.29 is 9.90 Å². The van der Waals surface area contributed by atoms with Crippen molar-refractivity contribution in [3.8, 4) is 16.9 Å². The van der Waals surface area contributed by atoms with Gasteiger partial charge in [-0.3, -0.25) is 0 Å². The topological polar surface area (TPSA) is 55.1 Å². The lowest BCUT2D eigenvalue weighted by Crippen LogP contribution is -2.02. The van der Waals surface area contributed by atoms with E-state index in [2.05, 4.69) is 5.10 Å². The zero-order valence-electron chi connectivity index (χ0n) is 11.2. The van der Waals surface area contributed by atoms with Crippen LogP contribution >= 0.6 is 23.2 Å². The van der Waals surface area contributed by atoms with Gasteiger partial charge in [-0.25, -0.2) is 9.48 Å². The van der Waals surface area contributed by atoms with E-state index in [0.717, 1.165) is 5.56 Å². The minimum atomic E-state index is -1.09. The Bertz CT molecular complexity index is 796. The van der Waals surface area contributed by atoms with E-state index in [9.17, 15) is 9.90 Å². The molecule has 0 unspecified atom stereocenters. The smallest absolute Gasteiger partial charge is 0.356 e. The van der Waals surface area contributed by atoms with Crippen LogP contribution in [-0.2, 0) is 0 Å². The van der Waals surface area contributed by atoms with E-state index in [1.54, 1.807) is 47.1 Å². The number of benzene rings is 2. The summed E-state index contributed by atoms with van der Waals surface area (Å²) in [6, 6.07) is 15.7. The summed E-state index contributed by atoms with van der Waals surface area (Å²) in [7, 11) is 0. The Hall–Kier alpha value is -2.30. The van der Waals surface area contributed by atoms with Gasteiger partial charge in [-0.2, -0.15) is 5.10 Å². The predicted molar refractivity (Wildman–Crippen MR) is 86.0 cm³/mol. The Kier molecular flexibility index (Phi) is 3.88. The molecule has 6 heteroatoms. The van der Waals surface area contributed by atoms with E-state index >= 15 is 0 Å². The van der Waals surface area contributed by atoms with Crippen LogP contribution in [0.15, 0.2) is 54.6 Å². The average Bonchev–Trinajstić information content (AvgIpc) is 2.92. The Labute approximate surface area is 136 Å². The first-order chi connectivity index (χ1) is 10.5. The van der Waals surface area contributed by atoms with Gasteiger partial charge in [-0.15, -0.1) is 0 Å². The van der Waals surface area contributed by atoms with Crippen molar-refractivity contribution >= 4 is 29.2 Å². The average molecular weight is 333 g/mol. The second kappa shape index (κ2) is 5.83. The molecule has 0 aliphatic rings. The molecule has 0 aliphatic carbocycles. The summed E-state index contributed by atoms with van der Waals surface area (Å²) in [6.07, 6.45) is 0. The van der Waals surface area contributed by atoms with Gasteiger partial charge < -0.3 is 5.11 Å². The van der Waals surface area contributed by atoms with E-state index in [1.807, 2.05) is 6.07 Å². The van der Waals surface area contributed by atoms with Crippen LogP contribution in [0.4, 0.5) is 0 Å². The molecule has 1 aromatic heterocycles. The molecule has 1 N–H and O–H groups in total. The van der Waals surface area contributed by atoms with Gasteiger partial charge in [0.05, 0.1) is 11.4 Å².